The molecule has 0 N–H and O–H groups in total. The van der Waals surface area contributed by atoms with Crippen molar-refractivity contribution in [3.8, 4) is 5.75 Å². The van der Waals surface area contributed by atoms with E-state index >= 15 is 0 Å². The molecule has 0 fully saturated rings. The number of carbonyl (C=O) groups is 1. The molecule has 0 spiro atoms. The van der Waals surface area contributed by atoms with Crippen LogP contribution in [0.25, 0.3) is 0 Å². The highest BCUT2D eigenvalue weighted by molar-refractivity contribution is 6.33. The number of ether oxygens (including phenoxy) is 2. The number of hydrogen-bond donors (Lipinski definition) is 0. The Balaban J connectivity index is 2.14. The first kappa shape index (κ1) is 16.0. The van der Waals surface area contributed by atoms with Gasteiger partial charge >= 0.3 is 6.09 Å². The highest BCUT2D eigenvalue weighted by Gasteiger charge is 2.25. The highest BCUT2D eigenvalue weighted by atomic mass is 35.5. The summed E-state index contributed by atoms with van der Waals surface area (Å²) in [4.78, 5) is 13.9. The standard InChI is InChI=1S/C16H22ClNO3/c1-16(2,3)21-15(19)18-9-7-11-5-6-13(20-4)14(17)12(11)8-10-18/h5-6H,7-10H2,1-4H3. The topological polar surface area (TPSA) is 38.8 Å². The van der Waals surface area contributed by atoms with Crippen molar-refractivity contribution in [2.75, 3.05) is 20.2 Å². The van der Waals surface area contributed by atoms with Crippen molar-refractivity contribution in [1.29, 1.82) is 0 Å². The number of amides is 1. The fourth-order valence-corrected chi connectivity index (χ4v) is 2.78. The molecule has 4 nitrogen and oxygen atoms in total. The molecule has 0 saturated heterocycles. The second-order valence-corrected chi connectivity index (χ2v) is 6.56. The van der Waals surface area contributed by atoms with Gasteiger partial charge < -0.3 is 14.4 Å². The lowest BCUT2D eigenvalue weighted by Crippen LogP contribution is -2.38. The maximum absolute atomic E-state index is 12.2. The Morgan fingerprint density at radius 3 is 2.52 bits per heavy atom. The van der Waals surface area contributed by atoms with E-state index in [9.17, 15) is 4.79 Å². The van der Waals surface area contributed by atoms with Crippen LogP contribution < -0.4 is 4.74 Å². The zero-order valence-electron chi connectivity index (χ0n) is 13.0. The molecule has 0 radical (unpaired) electrons. The molecule has 1 aliphatic heterocycles. The van der Waals surface area contributed by atoms with E-state index in [0.717, 1.165) is 12.0 Å². The van der Waals surface area contributed by atoms with Crippen molar-refractivity contribution in [3.05, 3.63) is 28.3 Å². The summed E-state index contributed by atoms with van der Waals surface area (Å²) in [5.41, 5.74) is 1.77. The zero-order valence-corrected chi connectivity index (χ0v) is 13.8. The third kappa shape index (κ3) is 3.82. The lowest BCUT2D eigenvalue weighted by Gasteiger charge is -2.26. The number of benzene rings is 1. The Labute approximate surface area is 131 Å². The van der Waals surface area contributed by atoms with Gasteiger partial charge in [-0.15, -0.1) is 0 Å². The predicted octanol–water partition coefficient (Wildman–Crippen LogP) is 3.68. The molecule has 1 heterocycles. The molecule has 2 rings (SSSR count). The van der Waals surface area contributed by atoms with Gasteiger partial charge in [-0.2, -0.15) is 0 Å². The Morgan fingerprint density at radius 2 is 1.90 bits per heavy atom. The van der Waals surface area contributed by atoms with E-state index in [-0.39, 0.29) is 6.09 Å². The van der Waals surface area contributed by atoms with E-state index in [2.05, 4.69) is 0 Å². The summed E-state index contributed by atoms with van der Waals surface area (Å²) in [7, 11) is 1.61. The van der Waals surface area contributed by atoms with Crippen LogP contribution in [0.15, 0.2) is 12.1 Å². The highest BCUT2D eigenvalue weighted by Crippen LogP contribution is 2.32. The van der Waals surface area contributed by atoms with Gasteiger partial charge in [0, 0.05) is 13.1 Å². The number of hydrogen-bond acceptors (Lipinski definition) is 3. The van der Waals surface area contributed by atoms with Crippen molar-refractivity contribution < 1.29 is 14.3 Å². The molecular formula is C16H22ClNO3. The van der Waals surface area contributed by atoms with Crippen LogP contribution in [0, 0.1) is 0 Å². The van der Waals surface area contributed by atoms with Crippen molar-refractivity contribution in [2.45, 2.75) is 39.2 Å². The summed E-state index contributed by atoms with van der Waals surface area (Å²) in [5.74, 6) is 0.682. The van der Waals surface area contributed by atoms with E-state index in [1.165, 1.54) is 5.56 Å². The van der Waals surface area contributed by atoms with Gasteiger partial charge in [-0.25, -0.2) is 4.79 Å². The summed E-state index contributed by atoms with van der Waals surface area (Å²) in [6.45, 7) is 6.87. The van der Waals surface area contributed by atoms with Crippen molar-refractivity contribution in [3.63, 3.8) is 0 Å². The predicted molar refractivity (Wildman–Crippen MR) is 83.2 cm³/mol. The minimum absolute atomic E-state index is 0.265. The Bertz CT molecular complexity index is 537. The minimum atomic E-state index is -0.475. The summed E-state index contributed by atoms with van der Waals surface area (Å²) in [6, 6.07) is 3.91. The van der Waals surface area contributed by atoms with Crippen LogP contribution in [0.1, 0.15) is 31.9 Å². The van der Waals surface area contributed by atoms with Gasteiger partial charge in [0.2, 0.25) is 0 Å². The number of rotatable bonds is 1. The first-order valence-electron chi connectivity index (χ1n) is 7.14. The molecule has 0 aromatic heterocycles. The lowest BCUT2D eigenvalue weighted by atomic mass is 10.0. The molecule has 0 unspecified atom stereocenters. The van der Waals surface area contributed by atoms with Gasteiger partial charge in [-0.05, 0) is 50.8 Å². The Kier molecular flexibility index (Phi) is 4.67. The van der Waals surface area contributed by atoms with Crippen molar-refractivity contribution in [2.24, 2.45) is 0 Å². The molecule has 0 atom stereocenters. The largest absolute Gasteiger partial charge is 0.495 e. The van der Waals surface area contributed by atoms with Crippen LogP contribution in [0.4, 0.5) is 4.79 Å². The van der Waals surface area contributed by atoms with Gasteiger partial charge in [0.1, 0.15) is 11.4 Å². The molecule has 0 saturated carbocycles. The maximum Gasteiger partial charge on any atom is 0.410 e. The van der Waals surface area contributed by atoms with E-state index in [4.69, 9.17) is 21.1 Å². The van der Waals surface area contributed by atoms with Gasteiger partial charge in [-0.3, -0.25) is 0 Å². The second kappa shape index (κ2) is 6.14. The monoisotopic (exact) mass is 311 g/mol. The van der Waals surface area contributed by atoms with E-state index < -0.39 is 5.60 Å². The summed E-state index contributed by atoms with van der Waals surface area (Å²) in [5, 5.41) is 0.654. The van der Waals surface area contributed by atoms with Crippen LogP contribution in [0.5, 0.6) is 5.75 Å². The summed E-state index contributed by atoms with van der Waals surface area (Å²) < 4.78 is 10.7. The van der Waals surface area contributed by atoms with Crippen LogP contribution in [0.2, 0.25) is 5.02 Å². The van der Waals surface area contributed by atoms with Crippen LogP contribution in [-0.4, -0.2) is 36.8 Å². The quantitative estimate of drug-likeness (QED) is 0.794. The number of methoxy groups -OCH3 is 1. The maximum atomic E-state index is 12.2. The molecule has 116 valence electrons. The normalized spacial score (nSPS) is 15.2. The van der Waals surface area contributed by atoms with Crippen LogP contribution in [-0.2, 0) is 17.6 Å². The molecule has 1 aromatic carbocycles. The number of fused-ring (bicyclic) bond motifs is 1. The SMILES string of the molecule is COc1ccc2c(c1Cl)CCN(C(=O)OC(C)(C)C)CC2. The van der Waals surface area contributed by atoms with E-state index in [1.807, 2.05) is 32.9 Å². The smallest absolute Gasteiger partial charge is 0.410 e. The molecule has 1 amide bonds. The molecule has 5 heteroatoms. The lowest BCUT2D eigenvalue weighted by molar-refractivity contribution is 0.0258. The number of carbonyl (C=O) groups excluding carboxylic acids is 1. The van der Waals surface area contributed by atoms with Gasteiger partial charge in [0.15, 0.2) is 0 Å². The molecular weight excluding hydrogens is 290 g/mol. The van der Waals surface area contributed by atoms with E-state index in [1.54, 1.807) is 12.0 Å². The van der Waals surface area contributed by atoms with Crippen molar-refractivity contribution >= 4 is 17.7 Å². The first-order valence-corrected chi connectivity index (χ1v) is 7.52. The Hall–Kier alpha value is -1.42. The van der Waals surface area contributed by atoms with Gasteiger partial charge in [0.05, 0.1) is 12.1 Å². The zero-order chi connectivity index (χ0) is 15.6. The average Bonchev–Trinajstić information content (AvgIpc) is 2.60. The minimum Gasteiger partial charge on any atom is -0.495 e. The average molecular weight is 312 g/mol. The fraction of sp³-hybridized carbons (Fsp3) is 0.562. The molecule has 0 aliphatic carbocycles. The summed E-state index contributed by atoms with van der Waals surface area (Å²) in [6.07, 6.45) is 1.22. The second-order valence-electron chi connectivity index (χ2n) is 6.19. The van der Waals surface area contributed by atoms with Gasteiger partial charge in [0.25, 0.3) is 0 Å². The number of nitrogens with zero attached hydrogens (tertiary/aromatic N) is 1. The third-order valence-corrected chi connectivity index (χ3v) is 3.87. The Morgan fingerprint density at radius 1 is 1.24 bits per heavy atom. The van der Waals surface area contributed by atoms with Crippen LogP contribution >= 0.6 is 11.6 Å². The molecule has 21 heavy (non-hydrogen) atoms. The van der Waals surface area contributed by atoms with Crippen LogP contribution in [0.3, 0.4) is 0 Å². The molecule has 0 bridgehead atoms. The van der Waals surface area contributed by atoms with Crippen molar-refractivity contribution in [1.82, 2.24) is 4.90 Å². The fourth-order valence-electron chi connectivity index (χ4n) is 2.42. The first-order chi connectivity index (χ1) is 9.81. The number of halogens is 1. The third-order valence-electron chi connectivity index (χ3n) is 3.46. The molecule has 1 aromatic rings. The molecule has 1 aliphatic rings. The van der Waals surface area contributed by atoms with Gasteiger partial charge in [-0.1, -0.05) is 17.7 Å². The van der Waals surface area contributed by atoms with E-state index in [0.29, 0.717) is 30.3 Å². The summed E-state index contributed by atoms with van der Waals surface area (Å²) >= 11 is 6.37.